The average Bonchev–Trinajstić information content (AvgIpc) is 2.31. The van der Waals surface area contributed by atoms with Gasteiger partial charge >= 0.3 is 0 Å². The smallest absolute Gasteiger partial charge is 0.159 e. The van der Waals surface area contributed by atoms with Gasteiger partial charge < -0.3 is 5.32 Å². The van der Waals surface area contributed by atoms with Crippen molar-refractivity contribution in [1.29, 1.82) is 10.5 Å². The Bertz CT molecular complexity index is 502. The Morgan fingerprint density at radius 1 is 1.38 bits per heavy atom. The predicted molar refractivity (Wildman–Crippen MR) is 59.4 cm³/mol. The molecule has 0 bridgehead atoms. The maximum absolute atomic E-state index is 11.1. The van der Waals surface area contributed by atoms with E-state index in [-0.39, 0.29) is 11.4 Å². The molecule has 1 aromatic rings. The van der Waals surface area contributed by atoms with Crippen LogP contribution in [0.15, 0.2) is 36.0 Å². The third-order valence-electron chi connectivity index (χ3n) is 1.89. The number of nitrogens with zero attached hydrogens (tertiary/aromatic N) is 2. The number of hydrogen-bond donors (Lipinski definition) is 1. The van der Waals surface area contributed by atoms with Gasteiger partial charge in [-0.15, -0.1) is 0 Å². The molecule has 4 nitrogen and oxygen atoms in total. The second-order valence-electron chi connectivity index (χ2n) is 3.06. The van der Waals surface area contributed by atoms with Crippen LogP contribution in [0.5, 0.6) is 0 Å². The van der Waals surface area contributed by atoms with Gasteiger partial charge in [-0.2, -0.15) is 10.5 Å². The lowest BCUT2D eigenvalue weighted by Crippen LogP contribution is -1.95. The van der Waals surface area contributed by atoms with Crippen LogP contribution < -0.4 is 5.32 Å². The molecule has 0 unspecified atom stereocenters. The van der Waals surface area contributed by atoms with Crippen LogP contribution >= 0.6 is 0 Å². The van der Waals surface area contributed by atoms with Gasteiger partial charge in [-0.3, -0.25) is 4.79 Å². The van der Waals surface area contributed by atoms with Crippen LogP contribution in [0.25, 0.3) is 0 Å². The summed E-state index contributed by atoms with van der Waals surface area (Å²) in [6.07, 6.45) is 1.30. The van der Waals surface area contributed by atoms with E-state index in [1.807, 2.05) is 0 Å². The Hall–Kier alpha value is -2.59. The Morgan fingerprint density at radius 2 is 2.06 bits per heavy atom. The molecule has 0 saturated carbocycles. The van der Waals surface area contributed by atoms with Crippen LogP contribution in [0.4, 0.5) is 5.69 Å². The van der Waals surface area contributed by atoms with Crippen molar-refractivity contribution in [3.8, 4) is 12.1 Å². The number of anilines is 1. The van der Waals surface area contributed by atoms with Crippen LogP contribution in [-0.2, 0) is 0 Å². The van der Waals surface area contributed by atoms with Crippen molar-refractivity contribution in [1.82, 2.24) is 0 Å². The topological polar surface area (TPSA) is 76.7 Å². The monoisotopic (exact) mass is 211 g/mol. The first-order chi connectivity index (χ1) is 7.67. The van der Waals surface area contributed by atoms with Crippen molar-refractivity contribution in [2.45, 2.75) is 6.92 Å². The molecule has 4 heteroatoms. The first kappa shape index (κ1) is 11.5. The maximum atomic E-state index is 11.1. The average molecular weight is 211 g/mol. The molecule has 0 aromatic heterocycles. The molecule has 1 N–H and O–H groups in total. The van der Waals surface area contributed by atoms with Gasteiger partial charge in [0.1, 0.15) is 17.7 Å². The molecule has 0 saturated heterocycles. The van der Waals surface area contributed by atoms with E-state index in [9.17, 15) is 4.79 Å². The SMILES string of the molecule is CC(=O)c1cccc(NC=C(C#N)C#N)c1. The third-order valence-corrected chi connectivity index (χ3v) is 1.89. The summed E-state index contributed by atoms with van der Waals surface area (Å²) in [7, 11) is 0. The summed E-state index contributed by atoms with van der Waals surface area (Å²) in [4.78, 5) is 11.1. The van der Waals surface area contributed by atoms with Crippen LogP contribution in [-0.4, -0.2) is 5.78 Å². The molecule has 0 aliphatic rings. The number of ketones is 1. The predicted octanol–water partition coefficient (Wildman–Crippen LogP) is 2.23. The molecular formula is C12H9N3O. The van der Waals surface area contributed by atoms with Crippen molar-refractivity contribution in [2.24, 2.45) is 0 Å². The number of rotatable bonds is 3. The Morgan fingerprint density at radius 3 is 2.62 bits per heavy atom. The van der Waals surface area contributed by atoms with Crippen molar-refractivity contribution >= 4 is 11.5 Å². The van der Waals surface area contributed by atoms with Crippen LogP contribution in [0.3, 0.4) is 0 Å². The fourth-order valence-corrected chi connectivity index (χ4v) is 1.07. The zero-order chi connectivity index (χ0) is 12.0. The van der Waals surface area contributed by atoms with Crippen LogP contribution in [0.1, 0.15) is 17.3 Å². The molecule has 78 valence electrons. The minimum atomic E-state index is -0.0339. The quantitative estimate of drug-likeness (QED) is 0.614. The van der Waals surface area contributed by atoms with E-state index in [1.54, 1.807) is 36.4 Å². The molecule has 1 rings (SSSR count). The number of Topliss-reactive ketones (excluding diaryl/α,β-unsaturated/α-hetero) is 1. The molecule has 0 aliphatic heterocycles. The van der Waals surface area contributed by atoms with Crippen molar-refractivity contribution in [3.05, 3.63) is 41.6 Å². The van der Waals surface area contributed by atoms with E-state index in [1.165, 1.54) is 13.1 Å². The molecular weight excluding hydrogens is 202 g/mol. The number of nitrogens with one attached hydrogen (secondary N) is 1. The highest BCUT2D eigenvalue weighted by atomic mass is 16.1. The van der Waals surface area contributed by atoms with Gasteiger partial charge in [-0.05, 0) is 19.1 Å². The van der Waals surface area contributed by atoms with E-state index in [4.69, 9.17) is 10.5 Å². The molecule has 0 amide bonds. The normalized spacial score (nSPS) is 8.44. The van der Waals surface area contributed by atoms with E-state index in [0.29, 0.717) is 11.3 Å². The van der Waals surface area contributed by atoms with Crippen LogP contribution in [0, 0.1) is 22.7 Å². The summed E-state index contributed by atoms with van der Waals surface area (Å²) in [5, 5.41) is 19.8. The fourth-order valence-electron chi connectivity index (χ4n) is 1.07. The minimum absolute atomic E-state index is 0.0202. The molecule has 0 spiro atoms. The Labute approximate surface area is 93.4 Å². The maximum Gasteiger partial charge on any atom is 0.159 e. The molecule has 1 aromatic carbocycles. The second kappa shape index (κ2) is 5.33. The summed E-state index contributed by atoms with van der Waals surface area (Å²) in [5.41, 5.74) is 1.22. The zero-order valence-electron chi connectivity index (χ0n) is 8.69. The van der Waals surface area contributed by atoms with Crippen molar-refractivity contribution in [3.63, 3.8) is 0 Å². The third kappa shape index (κ3) is 2.97. The van der Waals surface area contributed by atoms with Gasteiger partial charge in [0.2, 0.25) is 0 Å². The van der Waals surface area contributed by atoms with Gasteiger partial charge in [0, 0.05) is 17.5 Å². The minimum Gasteiger partial charge on any atom is -0.360 e. The lowest BCUT2D eigenvalue weighted by Gasteiger charge is -2.02. The Kier molecular flexibility index (Phi) is 3.83. The summed E-state index contributed by atoms with van der Waals surface area (Å²) >= 11 is 0. The summed E-state index contributed by atoms with van der Waals surface area (Å²) < 4.78 is 0. The lowest BCUT2D eigenvalue weighted by molar-refractivity contribution is 0.101. The number of carbonyl (C=O) groups excluding carboxylic acids is 1. The second-order valence-corrected chi connectivity index (χ2v) is 3.06. The number of benzene rings is 1. The highest BCUT2D eigenvalue weighted by molar-refractivity contribution is 5.94. The number of hydrogen-bond acceptors (Lipinski definition) is 4. The first-order valence-electron chi connectivity index (χ1n) is 4.55. The summed E-state index contributed by atoms with van der Waals surface area (Å²) in [6, 6.07) is 10.3. The highest BCUT2D eigenvalue weighted by Crippen LogP contribution is 2.11. The molecule has 16 heavy (non-hydrogen) atoms. The Balaban J connectivity index is 2.88. The van der Waals surface area contributed by atoms with Gasteiger partial charge in [0.25, 0.3) is 0 Å². The molecule has 0 heterocycles. The first-order valence-corrected chi connectivity index (χ1v) is 4.55. The number of nitriles is 2. The number of carbonyl (C=O) groups is 1. The van der Waals surface area contributed by atoms with E-state index in [0.717, 1.165) is 0 Å². The van der Waals surface area contributed by atoms with Crippen molar-refractivity contribution < 1.29 is 4.79 Å². The van der Waals surface area contributed by atoms with Crippen molar-refractivity contribution in [2.75, 3.05) is 5.32 Å². The summed E-state index contributed by atoms with van der Waals surface area (Å²) in [6.45, 7) is 1.48. The number of allylic oxidation sites excluding steroid dienone is 1. The largest absolute Gasteiger partial charge is 0.360 e. The van der Waals surface area contributed by atoms with Gasteiger partial charge in [0.15, 0.2) is 5.78 Å². The van der Waals surface area contributed by atoms with Gasteiger partial charge in [0.05, 0.1) is 0 Å². The zero-order valence-corrected chi connectivity index (χ0v) is 8.69. The van der Waals surface area contributed by atoms with Crippen LogP contribution in [0.2, 0.25) is 0 Å². The van der Waals surface area contributed by atoms with Gasteiger partial charge in [-0.25, -0.2) is 0 Å². The summed E-state index contributed by atoms with van der Waals surface area (Å²) in [5.74, 6) is -0.0339. The lowest BCUT2D eigenvalue weighted by atomic mass is 10.1. The fraction of sp³-hybridized carbons (Fsp3) is 0.0833. The van der Waals surface area contributed by atoms with E-state index >= 15 is 0 Å². The molecule has 0 aliphatic carbocycles. The molecule has 0 fully saturated rings. The van der Waals surface area contributed by atoms with Gasteiger partial charge in [-0.1, -0.05) is 12.1 Å². The molecule has 0 radical (unpaired) electrons. The highest BCUT2D eigenvalue weighted by Gasteiger charge is 1.99. The standard InChI is InChI=1S/C12H9N3O/c1-9(16)11-3-2-4-12(5-11)15-8-10(6-13)7-14/h2-5,8,15H,1H3. The van der Waals surface area contributed by atoms with E-state index < -0.39 is 0 Å². The molecule has 0 atom stereocenters. The van der Waals surface area contributed by atoms with E-state index in [2.05, 4.69) is 5.32 Å².